The van der Waals surface area contributed by atoms with Gasteiger partial charge in [-0.3, -0.25) is 0 Å². The van der Waals surface area contributed by atoms with Crippen LogP contribution in [-0.4, -0.2) is 18.5 Å². The molecule has 0 atom stereocenters. The fraction of sp³-hybridized carbons (Fsp3) is 0.300. The van der Waals surface area contributed by atoms with E-state index in [0.717, 1.165) is 18.7 Å². The van der Waals surface area contributed by atoms with Crippen molar-refractivity contribution in [3.8, 4) is 0 Å². The van der Waals surface area contributed by atoms with Crippen LogP contribution in [0.15, 0.2) is 24.3 Å². The van der Waals surface area contributed by atoms with Gasteiger partial charge in [0.1, 0.15) is 5.82 Å². The van der Waals surface area contributed by atoms with Gasteiger partial charge < -0.3 is 4.90 Å². The van der Waals surface area contributed by atoms with Gasteiger partial charge in [-0.15, -0.1) is 0 Å². The number of rotatable bonds is 3. The lowest BCUT2D eigenvalue weighted by Crippen LogP contribution is -2.16. The van der Waals surface area contributed by atoms with Gasteiger partial charge >= 0.3 is 0 Å². The molecule has 0 unspecified atom stereocenters. The van der Waals surface area contributed by atoms with E-state index in [-0.39, 0.29) is 5.82 Å². The monoisotopic (exact) mass is 166 g/mol. The summed E-state index contributed by atoms with van der Waals surface area (Å²) in [5.41, 5.74) is 1.11. The molecule has 12 heavy (non-hydrogen) atoms. The van der Waals surface area contributed by atoms with Crippen molar-refractivity contribution in [2.75, 3.05) is 13.6 Å². The SMILES string of the molecule is [CH2]CN(C)Cc1ccc(F)cc1. The minimum absolute atomic E-state index is 0.184. The van der Waals surface area contributed by atoms with Crippen LogP contribution in [0.3, 0.4) is 0 Å². The molecule has 1 aromatic rings. The first-order valence-corrected chi connectivity index (χ1v) is 3.94. The standard InChI is InChI=1S/C10H13FN/c1-3-12(2)8-9-4-6-10(11)7-5-9/h4-7H,1,3,8H2,2H3. The van der Waals surface area contributed by atoms with E-state index in [9.17, 15) is 4.39 Å². The summed E-state index contributed by atoms with van der Waals surface area (Å²) in [6.07, 6.45) is 0. The maximum atomic E-state index is 12.5. The maximum absolute atomic E-state index is 12.5. The molecule has 0 bridgehead atoms. The molecule has 0 fully saturated rings. The summed E-state index contributed by atoms with van der Waals surface area (Å²) in [6.45, 7) is 5.34. The molecule has 0 saturated carbocycles. The highest BCUT2D eigenvalue weighted by Crippen LogP contribution is 2.04. The molecule has 0 aromatic heterocycles. The molecule has 65 valence electrons. The van der Waals surface area contributed by atoms with Crippen molar-refractivity contribution >= 4 is 0 Å². The molecule has 0 heterocycles. The molecule has 0 aliphatic rings. The molecule has 1 rings (SSSR count). The van der Waals surface area contributed by atoms with Crippen molar-refractivity contribution in [1.29, 1.82) is 0 Å². The Morgan fingerprint density at radius 3 is 2.42 bits per heavy atom. The highest BCUT2D eigenvalue weighted by Gasteiger charge is 1.96. The predicted octanol–water partition coefficient (Wildman–Crippen LogP) is 2.09. The Morgan fingerprint density at radius 1 is 1.33 bits per heavy atom. The van der Waals surface area contributed by atoms with Crippen LogP contribution < -0.4 is 0 Å². The summed E-state index contributed by atoms with van der Waals surface area (Å²) in [7, 11) is 1.98. The van der Waals surface area contributed by atoms with Gasteiger partial charge in [-0.1, -0.05) is 12.1 Å². The van der Waals surface area contributed by atoms with Crippen LogP contribution >= 0.6 is 0 Å². The third-order valence-corrected chi connectivity index (χ3v) is 1.75. The fourth-order valence-electron chi connectivity index (χ4n) is 0.981. The van der Waals surface area contributed by atoms with Gasteiger partial charge in [-0.05, 0) is 38.2 Å². The Bertz CT molecular complexity index is 230. The second-order valence-electron chi connectivity index (χ2n) is 2.86. The van der Waals surface area contributed by atoms with Crippen LogP contribution in [-0.2, 0) is 6.54 Å². The third-order valence-electron chi connectivity index (χ3n) is 1.75. The van der Waals surface area contributed by atoms with E-state index in [1.54, 1.807) is 12.1 Å². The van der Waals surface area contributed by atoms with Crippen LogP contribution in [0.1, 0.15) is 5.56 Å². The summed E-state index contributed by atoms with van der Waals surface area (Å²) in [5, 5.41) is 0. The predicted molar refractivity (Wildman–Crippen MR) is 48.1 cm³/mol. The van der Waals surface area contributed by atoms with Crippen molar-refractivity contribution in [1.82, 2.24) is 4.90 Å². The van der Waals surface area contributed by atoms with Crippen molar-refractivity contribution in [2.24, 2.45) is 0 Å². The molecular formula is C10H13FN. The minimum atomic E-state index is -0.184. The van der Waals surface area contributed by atoms with Crippen LogP contribution in [0, 0.1) is 12.7 Å². The highest BCUT2D eigenvalue weighted by atomic mass is 19.1. The first kappa shape index (κ1) is 9.20. The molecule has 2 heteroatoms. The Kier molecular flexibility index (Phi) is 3.23. The number of halogens is 1. The van der Waals surface area contributed by atoms with E-state index in [4.69, 9.17) is 0 Å². The Morgan fingerprint density at radius 2 is 1.92 bits per heavy atom. The largest absolute Gasteiger partial charge is 0.302 e. The lowest BCUT2D eigenvalue weighted by Gasteiger charge is -2.13. The van der Waals surface area contributed by atoms with E-state index < -0.39 is 0 Å². The van der Waals surface area contributed by atoms with Gasteiger partial charge in [0.2, 0.25) is 0 Å². The number of hydrogen-bond acceptors (Lipinski definition) is 1. The lowest BCUT2D eigenvalue weighted by molar-refractivity contribution is 0.362. The molecule has 0 spiro atoms. The lowest BCUT2D eigenvalue weighted by atomic mass is 10.2. The first-order valence-electron chi connectivity index (χ1n) is 3.94. The Hall–Kier alpha value is -0.890. The maximum Gasteiger partial charge on any atom is 0.123 e. The van der Waals surface area contributed by atoms with Crippen molar-refractivity contribution in [3.05, 3.63) is 42.6 Å². The molecule has 0 saturated heterocycles. The molecule has 0 aliphatic carbocycles. The van der Waals surface area contributed by atoms with Crippen molar-refractivity contribution in [2.45, 2.75) is 6.54 Å². The topological polar surface area (TPSA) is 3.24 Å². The summed E-state index contributed by atoms with van der Waals surface area (Å²) in [5.74, 6) is -0.184. The molecular weight excluding hydrogens is 153 g/mol. The number of hydrogen-bond donors (Lipinski definition) is 0. The summed E-state index contributed by atoms with van der Waals surface area (Å²) >= 11 is 0. The van der Waals surface area contributed by atoms with E-state index >= 15 is 0 Å². The summed E-state index contributed by atoms with van der Waals surface area (Å²) < 4.78 is 12.5. The smallest absolute Gasteiger partial charge is 0.123 e. The average Bonchev–Trinajstić information content (AvgIpc) is 2.09. The highest BCUT2D eigenvalue weighted by molar-refractivity contribution is 5.15. The van der Waals surface area contributed by atoms with E-state index in [0.29, 0.717) is 0 Å². The van der Waals surface area contributed by atoms with E-state index in [2.05, 4.69) is 11.8 Å². The molecule has 0 aliphatic heterocycles. The van der Waals surface area contributed by atoms with Crippen LogP contribution in [0.25, 0.3) is 0 Å². The van der Waals surface area contributed by atoms with Gasteiger partial charge in [0.15, 0.2) is 0 Å². The van der Waals surface area contributed by atoms with Gasteiger partial charge in [-0.25, -0.2) is 4.39 Å². The molecule has 0 N–H and O–H groups in total. The van der Waals surface area contributed by atoms with E-state index in [1.807, 2.05) is 7.05 Å². The summed E-state index contributed by atoms with van der Waals surface area (Å²) in [4.78, 5) is 2.06. The zero-order valence-corrected chi connectivity index (χ0v) is 7.26. The third kappa shape index (κ3) is 2.62. The minimum Gasteiger partial charge on any atom is -0.302 e. The second kappa shape index (κ2) is 4.21. The molecule has 1 radical (unpaired) electrons. The van der Waals surface area contributed by atoms with Crippen LogP contribution in [0.4, 0.5) is 4.39 Å². The van der Waals surface area contributed by atoms with Crippen LogP contribution in [0.5, 0.6) is 0 Å². The summed E-state index contributed by atoms with van der Waals surface area (Å²) in [6, 6.07) is 6.54. The number of benzene rings is 1. The van der Waals surface area contributed by atoms with Gasteiger partial charge in [0.05, 0.1) is 0 Å². The van der Waals surface area contributed by atoms with Crippen molar-refractivity contribution < 1.29 is 4.39 Å². The normalized spacial score (nSPS) is 10.7. The number of nitrogens with zero attached hydrogens (tertiary/aromatic N) is 1. The zero-order chi connectivity index (χ0) is 8.97. The van der Waals surface area contributed by atoms with Gasteiger partial charge in [-0.2, -0.15) is 0 Å². The molecule has 1 aromatic carbocycles. The van der Waals surface area contributed by atoms with E-state index in [1.165, 1.54) is 12.1 Å². The fourth-order valence-corrected chi connectivity index (χ4v) is 0.981. The second-order valence-corrected chi connectivity index (χ2v) is 2.86. The van der Waals surface area contributed by atoms with Crippen LogP contribution in [0.2, 0.25) is 0 Å². The molecule has 1 nitrogen and oxygen atoms in total. The van der Waals surface area contributed by atoms with Gasteiger partial charge in [0.25, 0.3) is 0 Å². The average molecular weight is 166 g/mol. The van der Waals surface area contributed by atoms with Crippen molar-refractivity contribution in [3.63, 3.8) is 0 Å². The Balaban J connectivity index is 2.58. The quantitative estimate of drug-likeness (QED) is 0.664. The first-order chi connectivity index (χ1) is 5.72. The zero-order valence-electron chi connectivity index (χ0n) is 7.26. The molecule has 0 amide bonds. The Labute approximate surface area is 72.8 Å². The van der Waals surface area contributed by atoms with Gasteiger partial charge in [0, 0.05) is 6.54 Å².